The molecule has 3 nitrogen and oxygen atoms in total. The predicted molar refractivity (Wildman–Crippen MR) is 43.2 cm³/mol. The molecule has 0 aromatic carbocycles. The molecule has 0 aliphatic rings. The van der Waals surface area contributed by atoms with Crippen molar-refractivity contribution >= 4 is 27.7 Å². The summed E-state index contributed by atoms with van der Waals surface area (Å²) in [6.07, 6.45) is 1.95. The summed E-state index contributed by atoms with van der Waals surface area (Å²) in [5, 5.41) is 2.50. The monoisotopic (exact) mass is 166 g/mol. The summed E-state index contributed by atoms with van der Waals surface area (Å²) in [6.45, 7) is 0.377. The molecule has 54 valence electrons. The van der Waals surface area contributed by atoms with E-state index in [4.69, 9.17) is 0 Å². The highest BCUT2D eigenvalue weighted by atomic mass is 33.1. The van der Waals surface area contributed by atoms with Crippen LogP contribution in [0.1, 0.15) is 0 Å². The summed E-state index contributed by atoms with van der Waals surface area (Å²) < 4.78 is 2.85. The van der Waals surface area contributed by atoms with Crippen molar-refractivity contribution in [2.75, 3.05) is 19.8 Å². The maximum Gasteiger partial charge on any atom is 0.234 e. The summed E-state index contributed by atoms with van der Waals surface area (Å²) >= 11 is 0. The largest absolute Gasteiger partial charge is 0.358 e. The summed E-state index contributed by atoms with van der Waals surface area (Å²) in [5.74, 6) is 0.0107. The molecule has 5 heteroatoms. The van der Waals surface area contributed by atoms with E-state index in [9.17, 15) is 4.79 Å². The van der Waals surface area contributed by atoms with Crippen LogP contribution in [-0.2, 0) is 4.79 Å². The van der Waals surface area contributed by atoms with Crippen LogP contribution in [0.15, 0.2) is 0 Å². The van der Waals surface area contributed by atoms with E-state index in [0.29, 0.717) is 6.54 Å². The zero-order valence-corrected chi connectivity index (χ0v) is 7.06. The molecule has 1 amide bonds. The van der Waals surface area contributed by atoms with Crippen LogP contribution in [0.25, 0.3) is 0 Å². The maximum absolute atomic E-state index is 10.5. The average molecular weight is 166 g/mol. The Morgan fingerprint density at radius 3 is 2.78 bits per heavy atom. The number of hydrogen-bond donors (Lipinski definition) is 2. The second kappa shape index (κ2) is 6.25. The van der Waals surface area contributed by atoms with Gasteiger partial charge in [0.25, 0.3) is 0 Å². The molecule has 0 spiro atoms. The van der Waals surface area contributed by atoms with E-state index in [0.717, 1.165) is 0 Å². The van der Waals surface area contributed by atoms with Crippen LogP contribution >= 0.6 is 21.8 Å². The van der Waals surface area contributed by atoms with Gasteiger partial charge in [-0.1, -0.05) is 10.8 Å². The zero-order valence-electron chi connectivity index (χ0n) is 5.43. The molecular formula is C4H10N2OS2. The highest BCUT2D eigenvalue weighted by Crippen LogP contribution is 2.09. The van der Waals surface area contributed by atoms with Gasteiger partial charge in [0.1, 0.15) is 0 Å². The molecule has 0 rings (SSSR count). The summed E-state index contributed by atoms with van der Waals surface area (Å²) in [6, 6.07) is 0. The first-order valence-corrected chi connectivity index (χ1v) is 5.00. The Kier molecular flexibility index (Phi) is 6.34. The van der Waals surface area contributed by atoms with E-state index in [-0.39, 0.29) is 5.91 Å². The maximum atomic E-state index is 10.5. The Balaban J connectivity index is 2.97. The molecule has 0 saturated carbocycles. The van der Waals surface area contributed by atoms with E-state index in [2.05, 4.69) is 10.0 Å². The highest BCUT2D eigenvalue weighted by molar-refractivity contribution is 8.75. The topological polar surface area (TPSA) is 41.1 Å². The zero-order chi connectivity index (χ0) is 7.11. The number of carbonyl (C=O) groups excluding carboxylic acids is 1. The molecule has 0 saturated heterocycles. The molecule has 0 aliphatic carbocycles. The van der Waals surface area contributed by atoms with E-state index >= 15 is 0 Å². The van der Waals surface area contributed by atoms with Gasteiger partial charge in [-0.25, -0.2) is 4.72 Å². The first-order valence-electron chi connectivity index (χ1n) is 2.44. The van der Waals surface area contributed by atoms with Crippen molar-refractivity contribution in [3.05, 3.63) is 0 Å². The second-order valence-electron chi connectivity index (χ2n) is 1.24. The summed E-state index contributed by atoms with van der Waals surface area (Å²) in [7, 11) is 4.66. The van der Waals surface area contributed by atoms with Gasteiger partial charge < -0.3 is 5.32 Å². The lowest BCUT2D eigenvalue weighted by molar-refractivity contribution is -0.119. The number of nitrogens with one attached hydrogen (secondary N) is 2. The Hall–Kier alpha value is 0.130. The number of likely N-dealkylation sites (N-methyl/N-ethyl adjacent to an activating group) is 1. The van der Waals surface area contributed by atoms with Gasteiger partial charge in [-0.05, 0) is 17.2 Å². The third-order valence-electron chi connectivity index (χ3n) is 0.654. The first-order chi connectivity index (χ1) is 4.31. The lowest BCUT2D eigenvalue weighted by atomic mass is 10.6. The Labute approximate surface area is 62.9 Å². The molecule has 0 heterocycles. The minimum Gasteiger partial charge on any atom is -0.358 e. The van der Waals surface area contributed by atoms with E-state index in [1.54, 1.807) is 17.8 Å². The molecule has 0 bridgehead atoms. The van der Waals surface area contributed by atoms with Crippen molar-refractivity contribution in [3.63, 3.8) is 0 Å². The third kappa shape index (κ3) is 6.01. The molecule has 0 aromatic rings. The smallest absolute Gasteiger partial charge is 0.234 e. The second-order valence-corrected chi connectivity index (χ2v) is 3.53. The molecule has 0 atom stereocenters. The van der Waals surface area contributed by atoms with Crippen molar-refractivity contribution in [3.8, 4) is 0 Å². The van der Waals surface area contributed by atoms with Gasteiger partial charge in [0, 0.05) is 7.05 Å². The summed E-state index contributed by atoms with van der Waals surface area (Å²) in [4.78, 5) is 10.5. The van der Waals surface area contributed by atoms with Crippen LogP contribution in [0, 0.1) is 0 Å². The molecule has 0 aromatic heterocycles. The number of amides is 1. The van der Waals surface area contributed by atoms with Crippen molar-refractivity contribution in [1.29, 1.82) is 0 Å². The Morgan fingerprint density at radius 2 is 2.33 bits per heavy atom. The van der Waals surface area contributed by atoms with E-state index in [1.165, 1.54) is 11.0 Å². The standard InChI is InChI=1S/C4H10N2OS2/c1-5-4(7)3-6-9-8-2/h6H,3H2,1-2H3,(H,5,7). The van der Waals surface area contributed by atoms with Crippen LogP contribution in [0.4, 0.5) is 0 Å². The number of carbonyl (C=O) groups is 1. The van der Waals surface area contributed by atoms with Gasteiger partial charge in [-0.2, -0.15) is 0 Å². The molecule has 0 unspecified atom stereocenters. The number of rotatable bonds is 4. The van der Waals surface area contributed by atoms with Gasteiger partial charge in [0.05, 0.1) is 6.54 Å². The van der Waals surface area contributed by atoms with Crippen LogP contribution in [-0.4, -0.2) is 25.8 Å². The van der Waals surface area contributed by atoms with Crippen LogP contribution < -0.4 is 10.0 Å². The average Bonchev–Trinajstić information content (AvgIpc) is 1.89. The predicted octanol–water partition coefficient (Wildman–Crippen LogP) is 0.248. The number of hydrogen-bond acceptors (Lipinski definition) is 4. The molecule has 9 heavy (non-hydrogen) atoms. The summed E-state index contributed by atoms with van der Waals surface area (Å²) in [5.41, 5.74) is 0. The minimum atomic E-state index is 0.0107. The minimum absolute atomic E-state index is 0.0107. The van der Waals surface area contributed by atoms with Gasteiger partial charge in [-0.3, -0.25) is 4.79 Å². The third-order valence-corrected chi connectivity index (χ3v) is 1.94. The van der Waals surface area contributed by atoms with Gasteiger partial charge in [0.2, 0.25) is 5.91 Å². The quantitative estimate of drug-likeness (QED) is 0.357. The Bertz CT molecular complexity index is 88.6. The van der Waals surface area contributed by atoms with E-state index in [1.807, 2.05) is 6.26 Å². The van der Waals surface area contributed by atoms with Crippen molar-refractivity contribution in [2.24, 2.45) is 0 Å². The molecule has 0 fully saturated rings. The fraction of sp³-hybridized carbons (Fsp3) is 0.750. The lowest BCUT2D eigenvalue weighted by Gasteiger charge is -1.97. The van der Waals surface area contributed by atoms with Crippen LogP contribution in [0.5, 0.6) is 0 Å². The van der Waals surface area contributed by atoms with Crippen molar-refractivity contribution in [2.45, 2.75) is 0 Å². The molecule has 2 N–H and O–H groups in total. The lowest BCUT2D eigenvalue weighted by Crippen LogP contribution is -2.27. The van der Waals surface area contributed by atoms with Crippen LogP contribution in [0.2, 0.25) is 0 Å². The van der Waals surface area contributed by atoms with Gasteiger partial charge in [0.15, 0.2) is 0 Å². The molecule has 0 aliphatic heterocycles. The first kappa shape index (κ1) is 9.13. The molecular weight excluding hydrogens is 156 g/mol. The normalized spacial score (nSPS) is 9.11. The molecule has 0 radical (unpaired) electrons. The fourth-order valence-corrected chi connectivity index (χ4v) is 1.08. The van der Waals surface area contributed by atoms with Crippen molar-refractivity contribution in [1.82, 2.24) is 10.0 Å². The van der Waals surface area contributed by atoms with E-state index < -0.39 is 0 Å². The van der Waals surface area contributed by atoms with Gasteiger partial charge >= 0.3 is 0 Å². The highest BCUT2D eigenvalue weighted by Gasteiger charge is 1.93. The van der Waals surface area contributed by atoms with Gasteiger partial charge in [-0.15, -0.1) is 0 Å². The SMILES string of the molecule is CNC(=O)CNSSC. The van der Waals surface area contributed by atoms with Crippen LogP contribution in [0.3, 0.4) is 0 Å². The Morgan fingerprint density at radius 1 is 1.67 bits per heavy atom. The fourth-order valence-electron chi connectivity index (χ4n) is 0.242. The van der Waals surface area contributed by atoms with Crippen molar-refractivity contribution < 1.29 is 4.79 Å².